The van der Waals surface area contributed by atoms with E-state index in [4.69, 9.17) is 10.2 Å². The maximum absolute atomic E-state index is 12.4. The van der Waals surface area contributed by atoms with E-state index in [1.807, 2.05) is 19.9 Å². The van der Waals surface area contributed by atoms with Crippen LogP contribution in [0.15, 0.2) is 12.3 Å². The minimum Gasteiger partial charge on any atom is -0.395 e. The van der Waals surface area contributed by atoms with Crippen LogP contribution in [0.3, 0.4) is 0 Å². The molecule has 0 fully saturated rings. The smallest absolute Gasteiger partial charge is 0.257 e. The molecular formula is C13H21N3O3. The molecule has 0 spiro atoms. The Kier molecular flexibility index (Phi) is 6.24. The van der Waals surface area contributed by atoms with E-state index in [9.17, 15) is 4.79 Å². The Morgan fingerprint density at radius 1 is 1.37 bits per heavy atom. The zero-order valence-corrected chi connectivity index (χ0v) is 11.4. The summed E-state index contributed by atoms with van der Waals surface area (Å²) >= 11 is 0. The van der Waals surface area contributed by atoms with E-state index in [0.29, 0.717) is 12.1 Å². The first-order valence-electron chi connectivity index (χ1n) is 6.35. The Bertz CT molecular complexity index is 418. The zero-order valence-electron chi connectivity index (χ0n) is 11.4. The monoisotopic (exact) mass is 267 g/mol. The summed E-state index contributed by atoms with van der Waals surface area (Å²) in [6.07, 6.45) is 1.53. The molecule has 0 unspecified atom stereocenters. The zero-order chi connectivity index (χ0) is 14.3. The van der Waals surface area contributed by atoms with Crippen molar-refractivity contribution in [3.05, 3.63) is 23.5 Å². The van der Waals surface area contributed by atoms with Gasteiger partial charge >= 0.3 is 0 Å². The summed E-state index contributed by atoms with van der Waals surface area (Å²) in [5.74, 6) is -0.244. The van der Waals surface area contributed by atoms with Crippen LogP contribution in [0, 0.1) is 6.92 Å². The van der Waals surface area contributed by atoms with Gasteiger partial charge in [0, 0.05) is 31.5 Å². The highest BCUT2D eigenvalue weighted by molar-refractivity contribution is 5.99. The summed E-state index contributed by atoms with van der Waals surface area (Å²) in [5.41, 5.74) is 2.00. The third-order valence-corrected chi connectivity index (χ3v) is 2.67. The lowest BCUT2D eigenvalue weighted by molar-refractivity contribution is 0.0685. The van der Waals surface area contributed by atoms with Crippen molar-refractivity contribution in [3.8, 4) is 0 Å². The van der Waals surface area contributed by atoms with Gasteiger partial charge in [0.05, 0.1) is 24.5 Å². The van der Waals surface area contributed by atoms with Crippen LogP contribution >= 0.6 is 0 Å². The number of carbonyl (C=O) groups is 1. The fourth-order valence-electron chi connectivity index (χ4n) is 1.79. The molecule has 0 atom stereocenters. The Hall–Kier alpha value is -1.66. The number of hydrogen-bond donors (Lipinski definition) is 3. The third-order valence-electron chi connectivity index (χ3n) is 2.67. The largest absolute Gasteiger partial charge is 0.395 e. The number of rotatable bonds is 7. The fraction of sp³-hybridized carbons (Fsp3) is 0.538. The van der Waals surface area contributed by atoms with Crippen molar-refractivity contribution in [2.75, 3.05) is 38.2 Å². The third kappa shape index (κ3) is 4.18. The van der Waals surface area contributed by atoms with E-state index in [2.05, 4.69) is 10.3 Å². The number of aryl methyl sites for hydroxylation is 1. The normalized spacial score (nSPS) is 10.3. The van der Waals surface area contributed by atoms with Gasteiger partial charge in [-0.1, -0.05) is 0 Å². The molecule has 1 rings (SSSR count). The van der Waals surface area contributed by atoms with Gasteiger partial charge in [0.1, 0.15) is 0 Å². The van der Waals surface area contributed by atoms with Gasteiger partial charge in [0.25, 0.3) is 5.91 Å². The molecule has 6 heteroatoms. The molecule has 106 valence electrons. The van der Waals surface area contributed by atoms with Crippen molar-refractivity contribution in [1.82, 2.24) is 9.88 Å². The number of hydrogen-bond acceptors (Lipinski definition) is 5. The number of carbonyl (C=O) groups excluding carboxylic acids is 1. The molecule has 3 N–H and O–H groups in total. The summed E-state index contributed by atoms with van der Waals surface area (Å²) < 4.78 is 0. The van der Waals surface area contributed by atoms with Gasteiger partial charge in [-0.3, -0.25) is 9.78 Å². The van der Waals surface area contributed by atoms with Crippen molar-refractivity contribution in [2.45, 2.75) is 13.8 Å². The van der Waals surface area contributed by atoms with Crippen LogP contribution in [0.25, 0.3) is 0 Å². The Balaban J connectivity index is 3.01. The number of aromatic nitrogens is 1. The van der Waals surface area contributed by atoms with Crippen molar-refractivity contribution < 1.29 is 15.0 Å². The number of amides is 1. The molecule has 0 saturated heterocycles. The Labute approximate surface area is 113 Å². The highest BCUT2D eigenvalue weighted by Crippen LogP contribution is 2.17. The Morgan fingerprint density at radius 3 is 2.53 bits per heavy atom. The van der Waals surface area contributed by atoms with Crippen LogP contribution < -0.4 is 5.32 Å². The molecule has 1 heterocycles. The van der Waals surface area contributed by atoms with Crippen molar-refractivity contribution >= 4 is 11.6 Å². The van der Waals surface area contributed by atoms with Gasteiger partial charge in [0.2, 0.25) is 0 Å². The Morgan fingerprint density at radius 2 is 2.00 bits per heavy atom. The minimum absolute atomic E-state index is 0.137. The van der Waals surface area contributed by atoms with Crippen molar-refractivity contribution in [3.63, 3.8) is 0 Å². The van der Waals surface area contributed by atoms with Crippen LogP contribution in [-0.4, -0.2) is 58.9 Å². The van der Waals surface area contributed by atoms with E-state index in [1.54, 1.807) is 0 Å². The minimum atomic E-state index is -0.244. The molecule has 0 aliphatic heterocycles. The van der Waals surface area contributed by atoms with E-state index in [-0.39, 0.29) is 32.2 Å². The number of nitrogens with one attached hydrogen (secondary N) is 1. The average molecular weight is 267 g/mol. The van der Waals surface area contributed by atoms with Gasteiger partial charge in [-0.25, -0.2) is 0 Å². The SMILES string of the molecule is CCNc1cc(C)ncc1C(=O)N(CCO)CCO. The lowest BCUT2D eigenvalue weighted by Crippen LogP contribution is -2.36. The van der Waals surface area contributed by atoms with Crippen LogP contribution in [0.5, 0.6) is 0 Å². The molecule has 19 heavy (non-hydrogen) atoms. The van der Waals surface area contributed by atoms with Crippen molar-refractivity contribution in [1.29, 1.82) is 0 Å². The highest BCUT2D eigenvalue weighted by atomic mass is 16.3. The maximum Gasteiger partial charge on any atom is 0.257 e. The molecule has 0 bridgehead atoms. The summed E-state index contributed by atoms with van der Waals surface area (Å²) in [6.45, 7) is 4.61. The van der Waals surface area contributed by atoms with Crippen molar-refractivity contribution in [2.24, 2.45) is 0 Å². The first-order valence-corrected chi connectivity index (χ1v) is 6.35. The number of aliphatic hydroxyl groups is 2. The molecular weight excluding hydrogens is 246 g/mol. The van der Waals surface area contributed by atoms with Crippen LogP contribution in [-0.2, 0) is 0 Å². The van der Waals surface area contributed by atoms with Crippen LogP contribution in [0.2, 0.25) is 0 Å². The second-order valence-electron chi connectivity index (χ2n) is 4.14. The first kappa shape index (κ1) is 15.4. The predicted octanol–water partition coefficient (Wildman–Crippen LogP) is 0.249. The topological polar surface area (TPSA) is 85.7 Å². The molecule has 0 radical (unpaired) electrons. The number of pyridine rings is 1. The molecule has 6 nitrogen and oxygen atoms in total. The second kappa shape index (κ2) is 7.70. The molecule has 0 saturated carbocycles. The van der Waals surface area contributed by atoms with E-state index < -0.39 is 0 Å². The number of aliphatic hydroxyl groups excluding tert-OH is 2. The standard InChI is InChI=1S/C13H21N3O3/c1-3-14-12-8-10(2)15-9-11(12)13(19)16(4-6-17)5-7-18/h8-9,17-18H,3-7H2,1-2H3,(H,14,15). The predicted molar refractivity (Wildman–Crippen MR) is 73.2 cm³/mol. The summed E-state index contributed by atoms with van der Waals surface area (Å²) in [7, 11) is 0. The van der Waals surface area contributed by atoms with Crippen LogP contribution in [0.1, 0.15) is 23.0 Å². The van der Waals surface area contributed by atoms with Gasteiger partial charge < -0.3 is 20.4 Å². The summed E-state index contributed by atoms with van der Waals surface area (Å²) in [4.78, 5) is 17.9. The second-order valence-corrected chi connectivity index (χ2v) is 4.14. The molecule has 0 aromatic carbocycles. The van der Waals surface area contributed by atoms with Crippen LogP contribution in [0.4, 0.5) is 5.69 Å². The summed E-state index contributed by atoms with van der Waals surface area (Å²) in [5, 5.41) is 21.1. The van der Waals surface area contributed by atoms with E-state index in [1.165, 1.54) is 11.1 Å². The van der Waals surface area contributed by atoms with Gasteiger partial charge in [0.15, 0.2) is 0 Å². The maximum atomic E-state index is 12.4. The lowest BCUT2D eigenvalue weighted by Gasteiger charge is -2.22. The van der Waals surface area contributed by atoms with E-state index in [0.717, 1.165) is 11.4 Å². The molecule has 1 aromatic heterocycles. The van der Waals surface area contributed by atoms with Gasteiger partial charge in [-0.2, -0.15) is 0 Å². The molecule has 1 aromatic rings. The first-order chi connectivity index (χ1) is 9.13. The average Bonchev–Trinajstić information content (AvgIpc) is 2.38. The van der Waals surface area contributed by atoms with Gasteiger partial charge in [-0.05, 0) is 19.9 Å². The lowest BCUT2D eigenvalue weighted by atomic mass is 10.1. The number of nitrogens with zero attached hydrogens (tertiary/aromatic N) is 2. The summed E-state index contributed by atoms with van der Waals surface area (Å²) in [6, 6.07) is 1.81. The van der Waals surface area contributed by atoms with E-state index >= 15 is 0 Å². The highest BCUT2D eigenvalue weighted by Gasteiger charge is 2.18. The molecule has 1 amide bonds. The fourth-order valence-corrected chi connectivity index (χ4v) is 1.79. The number of anilines is 1. The quantitative estimate of drug-likeness (QED) is 0.659. The molecule has 0 aliphatic carbocycles. The molecule has 0 aliphatic rings. The van der Waals surface area contributed by atoms with Gasteiger partial charge in [-0.15, -0.1) is 0 Å².